The minimum atomic E-state index is 0.0146. The van der Waals surface area contributed by atoms with Gasteiger partial charge in [0, 0.05) is 37.2 Å². The molecule has 37 heavy (non-hydrogen) atoms. The average molecular weight is 498 g/mol. The SMILES string of the molecule is CN1CCC(NC(=O)c2ccc(OC3CCN(CC(c4ccccc4)c4ccccc4)CC3)cc2)CC1. The van der Waals surface area contributed by atoms with Crippen LogP contribution in [0.25, 0.3) is 0 Å². The van der Waals surface area contributed by atoms with Crippen molar-refractivity contribution in [2.75, 3.05) is 39.8 Å². The summed E-state index contributed by atoms with van der Waals surface area (Å²) in [6.45, 7) is 5.14. The molecular weight excluding hydrogens is 458 g/mol. The highest BCUT2D eigenvalue weighted by atomic mass is 16.5. The Morgan fingerprint density at radius 2 is 1.38 bits per heavy atom. The van der Waals surface area contributed by atoms with E-state index in [0.29, 0.717) is 11.5 Å². The molecule has 0 atom stereocenters. The minimum absolute atomic E-state index is 0.0146. The molecule has 194 valence electrons. The molecular formula is C32H39N3O2. The van der Waals surface area contributed by atoms with Gasteiger partial charge in [-0.3, -0.25) is 4.79 Å². The predicted octanol–water partition coefficient (Wildman–Crippen LogP) is 5.19. The van der Waals surface area contributed by atoms with Crippen molar-refractivity contribution >= 4 is 5.91 Å². The van der Waals surface area contributed by atoms with Gasteiger partial charge in [-0.15, -0.1) is 0 Å². The molecule has 0 spiro atoms. The van der Waals surface area contributed by atoms with E-state index in [2.05, 4.69) is 82.8 Å². The molecule has 3 aromatic rings. The number of carbonyl (C=O) groups is 1. The summed E-state index contributed by atoms with van der Waals surface area (Å²) in [4.78, 5) is 17.5. The summed E-state index contributed by atoms with van der Waals surface area (Å²) in [7, 11) is 2.13. The second-order valence-corrected chi connectivity index (χ2v) is 10.6. The van der Waals surface area contributed by atoms with Crippen LogP contribution in [-0.2, 0) is 0 Å². The summed E-state index contributed by atoms with van der Waals surface area (Å²) < 4.78 is 6.31. The first-order valence-corrected chi connectivity index (χ1v) is 13.7. The maximum absolute atomic E-state index is 12.7. The largest absolute Gasteiger partial charge is 0.490 e. The molecule has 0 bridgehead atoms. The van der Waals surface area contributed by atoms with Gasteiger partial charge in [-0.1, -0.05) is 60.7 Å². The topological polar surface area (TPSA) is 44.8 Å². The molecule has 0 aromatic heterocycles. The van der Waals surface area contributed by atoms with Crippen LogP contribution in [0.15, 0.2) is 84.9 Å². The highest BCUT2D eigenvalue weighted by Gasteiger charge is 2.25. The molecule has 2 fully saturated rings. The third-order valence-corrected chi connectivity index (χ3v) is 7.85. The highest BCUT2D eigenvalue weighted by Crippen LogP contribution is 2.28. The van der Waals surface area contributed by atoms with Gasteiger partial charge in [0.25, 0.3) is 5.91 Å². The van der Waals surface area contributed by atoms with Crippen LogP contribution in [0.1, 0.15) is 53.1 Å². The molecule has 2 heterocycles. The third-order valence-electron chi connectivity index (χ3n) is 7.85. The standard InChI is InChI=1S/C32H39N3O2/c1-34-20-16-28(17-21-34)33-32(36)27-12-14-29(15-13-27)37-30-18-22-35(23-19-30)24-31(25-8-4-2-5-9-25)26-10-6-3-7-11-26/h2-15,28,30-31H,16-24H2,1H3,(H,33,36). The van der Waals surface area contributed by atoms with Crippen molar-refractivity contribution in [1.82, 2.24) is 15.1 Å². The van der Waals surface area contributed by atoms with Gasteiger partial charge in [-0.05, 0) is 81.2 Å². The molecule has 5 nitrogen and oxygen atoms in total. The summed E-state index contributed by atoms with van der Waals surface area (Å²) in [6.07, 6.45) is 4.25. The number of piperidine rings is 2. The summed E-state index contributed by atoms with van der Waals surface area (Å²) >= 11 is 0. The number of hydrogen-bond donors (Lipinski definition) is 1. The van der Waals surface area contributed by atoms with Crippen LogP contribution in [0, 0.1) is 0 Å². The molecule has 5 heteroatoms. The maximum atomic E-state index is 12.7. The number of nitrogens with one attached hydrogen (secondary N) is 1. The van der Waals surface area contributed by atoms with E-state index in [1.165, 1.54) is 11.1 Å². The average Bonchev–Trinajstić information content (AvgIpc) is 2.95. The van der Waals surface area contributed by atoms with E-state index in [9.17, 15) is 4.79 Å². The first-order chi connectivity index (χ1) is 18.1. The lowest BCUT2D eigenvalue weighted by Crippen LogP contribution is -2.43. The third kappa shape index (κ3) is 7.00. The predicted molar refractivity (Wildman–Crippen MR) is 149 cm³/mol. The molecule has 0 unspecified atom stereocenters. The minimum Gasteiger partial charge on any atom is -0.490 e. The lowest BCUT2D eigenvalue weighted by atomic mass is 9.90. The second kappa shape index (κ2) is 12.4. The molecule has 0 radical (unpaired) electrons. The van der Waals surface area contributed by atoms with Gasteiger partial charge in [-0.25, -0.2) is 0 Å². The Morgan fingerprint density at radius 3 is 1.95 bits per heavy atom. The van der Waals surface area contributed by atoms with Crippen LogP contribution < -0.4 is 10.1 Å². The van der Waals surface area contributed by atoms with E-state index in [-0.39, 0.29) is 18.1 Å². The smallest absolute Gasteiger partial charge is 0.251 e. The van der Waals surface area contributed by atoms with Crippen molar-refractivity contribution in [2.24, 2.45) is 0 Å². The number of amides is 1. The Hall–Kier alpha value is -3.15. The molecule has 1 amide bonds. The van der Waals surface area contributed by atoms with E-state index < -0.39 is 0 Å². The van der Waals surface area contributed by atoms with E-state index in [1.807, 2.05) is 24.3 Å². The number of carbonyl (C=O) groups excluding carboxylic acids is 1. The van der Waals surface area contributed by atoms with Gasteiger partial charge in [0.05, 0.1) is 0 Å². The van der Waals surface area contributed by atoms with Crippen LogP contribution in [-0.4, -0.2) is 67.6 Å². The normalized spacial score (nSPS) is 18.1. The number of hydrogen-bond acceptors (Lipinski definition) is 4. The lowest BCUT2D eigenvalue weighted by Gasteiger charge is -2.34. The van der Waals surface area contributed by atoms with Crippen molar-refractivity contribution in [3.8, 4) is 5.75 Å². The number of rotatable bonds is 8. The number of ether oxygens (including phenoxy) is 1. The zero-order valence-corrected chi connectivity index (χ0v) is 21.9. The quantitative estimate of drug-likeness (QED) is 0.466. The summed E-state index contributed by atoms with van der Waals surface area (Å²) in [6, 6.07) is 29.6. The zero-order valence-electron chi connectivity index (χ0n) is 21.9. The monoisotopic (exact) mass is 497 g/mol. The first-order valence-electron chi connectivity index (χ1n) is 13.7. The van der Waals surface area contributed by atoms with Crippen LogP contribution in [0.2, 0.25) is 0 Å². The molecule has 1 N–H and O–H groups in total. The van der Waals surface area contributed by atoms with Gasteiger partial charge >= 0.3 is 0 Å². The molecule has 3 aromatic carbocycles. The van der Waals surface area contributed by atoms with Gasteiger partial charge in [0.15, 0.2) is 0 Å². The lowest BCUT2D eigenvalue weighted by molar-refractivity contribution is 0.0916. The van der Waals surface area contributed by atoms with Crippen LogP contribution >= 0.6 is 0 Å². The van der Waals surface area contributed by atoms with Gasteiger partial charge in [-0.2, -0.15) is 0 Å². The van der Waals surface area contributed by atoms with E-state index in [0.717, 1.165) is 64.2 Å². The number of nitrogens with zero attached hydrogens (tertiary/aromatic N) is 2. The van der Waals surface area contributed by atoms with E-state index in [1.54, 1.807) is 0 Å². The molecule has 5 rings (SSSR count). The molecule has 0 saturated carbocycles. The molecule has 0 aliphatic carbocycles. The fourth-order valence-corrected chi connectivity index (χ4v) is 5.54. The van der Waals surface area contributed by atoms with Crippen LogP contribution in [0.3, 0.4) is 0 Å². The molecule has 2 aliphatic heterocycles. The summed E-state index contributed by atoms with van der Waals surface area (Å²) in [5.41, 5.74) is 3.44. The Kier molecular flexibility index (Phi) is 8.54. The molecule has 2 saturated heterocycles. The Balaban J connectivity index is 1.11. The number of benzene rings is 3. The van der Waals surface area contributed by atoms with Crippen LogP contribution in [0.4, 0.5) is 0 Å². The van der Waals surface area contributed by atoms with Crippen molar-refractivity contribution in [3.05, 3.63) is 102 Å². The zero-order chi connectivity index (χ0) is 25.5. The van der Waals surface area contributed by atoms with Gasteiger partial charge < -0.3 is 19.9 Å². The van der Waals surface area contributed by atoms with Crippen molar-refractivity contribution in [3.63, 3.8) is 0 Å². The van der Waals surface area contributed by atoms with Gasteiger partial charge in [0.1, 0.15) is 11.9 Å². The summed E-state index contributed by atoms with van der Waals surface area (Å²) in [5, 5.41) is 3.19. The Morgan fingerprint density at radius 1 is 0.811 bits per heavy atom. The highest BCUT2D eigenvalue weighted by molar-refractivity contribution is 5.94. The number of likely N-dealkylation sites (tertiary alicyclic amines) is 2. The fourth-order valence-electron chi connectivity index (χ4n) is 5.54. The van der Waals surface area contributed by atoms with Crippen molar-refractivity contribution < 1.29 is 9.53 Å². The first kappa shape index (κ1) is 25.5. The Labute approximate surface area is 221 Å². The van der Waals surface area contributed by atoms with Crippen LogP contribution in [0.5, 0.6) is 5.75 Å². The maximum Gasteiger partial charge on any atom is 0.251 e. The molecule has 2 aliphatic rings. The van der Waals surface area contributed by atoms with Gasteiger partial charge in [0.2, 0.25) is 0 Å². The van der Waals surface area contributed by atoms with E-state index >= 15 is 0 Å². The van der Waals surface area contributed by atoms with E-state index in [4.69, 9.17) is 4.74 Å². The Bertz CT molecular complexity index is 1060. The van der Waals surface area contributed by atoms with Crippen molar-refractivity contribution in [2.45, 2.75) is 43.7 Å². The second-order valence-electron chi connectivity index (χ2n) is 10.6. The fraction of sp³-hybridized carbons (Fsp3) is 0.406. The summed E-state index contributed by atoms with van der Waals surface area (Å²) in [5.74, 6) is 1.23. The van der Waals surface area contributed by atoms with Crippen molar-refractivity contribution in [1.29, 1.82) is 0 Å².